The van der Waals surface area contributed by atoms with E-state index in [4.69, 9.17) is 9.47 Å². The number of ether oxygens (including phenoxy) is 2. The van der Waals surface area contributed by atoms with E-state index in [1.807, 2.05) is 51.2 Å². The highest BCUT2D eigenvalue weighted by molar-refractivity contribution is 5.87. The van der Waals surface area contributed by atoms with Crippen LogP contribution in [-0.4, -0.2) is 41.3 Å². The molecule has 1 aromatic heterocycles. The van der Waals surface area contributed by atoms with Crippen molar-refractivity contribution in [1.29, 1.82) is 0 Å². The Kier molecular flexibility index (Phi) is 5.11. The van der Waals surface area contributed by atoms with E-state index in [9.17, 15) is 4.79 Å². The maximum atomic E-state index is 12.1. The number of hydrogen-bond donors (Lipinski definition) is 0. The molecule has 25 heavy (non-hydrogen) atoms. The summed E-state index contributed by atoms with van der Waals surface area (Å²) in [7, 11) is 0. The first-order chi connectivity index (χ1) is 11.9. The number of amides is 1. The van der Waals surface area contributed by atoms with Crippen LogP contribution in [0.5, 0.6) is 5.75 Å². The van der Waals surface area contributed by atoms with Gasteiger partial charge in [-0.1, -0.05) is 12.1 Å². The molecule has 0 aliphatic carbocycles. The van der Waals surface area contributed by atoms with Crippen molar-refractivity contribution in [1.82, 2.24) is 9.88 Å². The van der Waals surface area contributed by atoms with E-state index in [-0.39, 0.29) is 6.09 Å². The van der Waals surface area contributed by atoms with Gasteiger partial charge >= 0.3 is 6.09 Å². The number of carbonyl (C=O) groups is 1. The summed E-state index contributed by atoms with van der Waals surface area (Å²) in [6.45, 7) is 7.80. The molecule has 5 heteroatoms. The van der Waals surface area contributed by atoms with E-state index in [1.54, 1.807) is 11.1 Å². The second-order valence-electron chi connectivity index (χ2n) is 7.57. The normalized spacial score (nSPS) is 16.0. The lowest BCUT2D eigenvalue weighted by molar-refractivity contribution is 0.0165. The van der Waals surface area contributed by atoms with Crippen LogP contribution in [0.15, 0.2) is 36.7 Å². The van der Waals surface area contributed by atoms with Gasteiger partial charge in [0.15, 0.2) is 0 Å². The number of benzene rings is 1. The molecule has 1 amide bonds. The molecule has 2 aromatic rings. The summed E-state index contributed by atoms with van der Waals surface area (Å²) in [6.07, 6.45) is 5.29. The van der Waals surface area contributed by atoms with E-state index < -0.39 is 5.60 Å². The van der Waals surface area contributed by atoms with Gasteiger partial charge in [-0.3, -0.25) is 4.98 Å². The van der Waals surface area contributed by atoms with Gasteiger partial charge in [0.05, 0.1) is 6.61 Å². The predicted molar refractivity (Wildman–Crippen MR) is 97.8 cm³/mol. The van der Waals surface area contributed by atoms with E-state index in [0.717, 1.165) is 42.5 Å². The molecule has 2 heterocycles. The quantitative estimate of drug-likeness (QED) is 0.836. The molecule has 1 aliphatic rings. The van der Waals surface area contributed by atoms with Gasteiger partial charge in [0.2, 0.25) is 0 Å². The number of piperidine rings is 1. The van der Waals surface area contributed by atoms with Gasteiger partial charge in [-0.15, -0.1) is 0 Å². The van der Waals surface area contributed by atoms with Crippen molar-refractivity contribution < 1.29 is 14.3 Å². The van der Waals surface area contributed by atoms with Gasteiger partial charge in [0.1, 0.15) is 11.4 Å². The van der Waals surface area contributed by atoms with Crippen LogP contribution in [0.2, 0.25) is 0 Å². The SMILES string of the molecule is CC(C)(C)OC(=O)N1CCC(COc2cccc3cnccc23)CC1. The van der Waals surface area contributed by atoms with Crippen molar-refractivity contribution in [2.45, 2.75) is 39.2 Å². The monoisotopic (exact) mass is 342 g/mol. The lowest BCUT2D eigenvalue weighted by Crippen LogP contribution is -2.42. The Morgan fingerprint density at radius 3 is 2.72 bits per heavy atom. The fourth-order valence-corrected chi connectivity index (χ4v) is 3.04. The third kappa shape index (κ3) is 4.62. The average Bonchev–Trinajstić information content (AvgIpc) is 2.59. The Hall–Kier alpha value is -2.30. The summed E-state index contributed by atoms with van der Waals surface area (Å²) in [5.74, 6) is 1.35. The van der Waals surface area contributed by atoms with E-state index in [2.05, 4.69) is 4.98 Å². The van der Waals surface area contributed by atoms with Crippen LogP contribution in [0.1, 0.15) is 33.6 Å². The molecule has 0 saturated carbocycles. The minimum atomic E-state index is -0.444. The number of nitrogens with zero attached hydrogens (tertiary/aromatic N) is 2. The smallest absolute Gasteiger partial charge is 0.410 e. The zero-order valence-corrected chi connectivity index (χ0v) is 15.2. The summed E-state index contributed by atoms with van der Waals surface area (Å²) in [5.41, 5.74) is -0.444. The van der Waals surface area contributed by atoms with Gasteiger partial charge in [-0.25, -0.2) is 4.79 Å². The van der Waals surface area contributed by atoms with Crippen LogP contribution in [0.4, 0.5) is 4.79 Å². The first kappa shape index (κ1) is 17.5. The molecule has 0 unspecified atom stereocenters. The average molecular weight is 342 g/mol. The van der Waals surface area contributed by atoms with Crippen molar-refractivity contribution in [2.75, 3.05) is 19.7 Å². The Balaban J connectivity index is 1.52. The second-order valence-corrected chi connectivity index (χ2v) is 7.57. The molecule has 0 spiro atoms. The number of pyridine rings is 1. The molecule has 1 saturated heterocycles. The van der Waals surface area contributed by atoms with Crippen molar-refractivity contribution in [3.05, 3.63) is 36.7 Å². The first-order valence-corrected chi connectivity index (χ1v) is 8.86. The lowest BCUT2D eigenvalue weighted by atomic mass is 9.98. The second kappa shape index (κ2) is 7.30. The molecule has 134 valence electrons. The van der Waals surface area contributed by atoms with Crippen LogP contribution in [-0.2, 0) is 4.74 Å². The molecule has 5 nitrogen and oxygen atoms in total. The van der Waals surface area contributed by atoms with Crippen LogP contribution in [0.25, 0.3) is 10.8 Å². The number of hydrogen-bond acceptors (Lipinski definition) is 4. The van der Waals surface area contributed by atoms with Gasteiger partial charge in [0.25, 0.3) is 0 Å². The van der Waals surface area contributed by atoms with Crippen molar-refractivity contribution in [2.24, 2.45) is 5.92 Å². The largest absolute Gasteiger partial charge is 0.493 e. The molecule has 0 N–H and O–H groups in total. The van der Waals surface area contributed by atoms with Crippen LogP contribution in [0, 0.1) is 5.92 Å². The molecule has 1 fully saturated rings. The zero-order valence-electron chi connectivity index (χ0n) is 15.2. The molecule has 3 rings (SSSR count). The van der Waals surface area contributed by atoms with Gasteiger partial charge in [0, 0.05) is 36.3 Å². The molecule has 0 bridgehead atoms. The fourth-order valence-electron chi connectivity index (χ4n) is 3.04. The van der Waals surface area contributed by atoms with Gasteiger partial charge in [-0.05, 0) is 51.7 Å². The van der Waals surface area contributed by atoms with Crippen molar-refractivity contribution >= 4 is 16.9 Å². The summed E-state index contributed by atoms with van der Waals surface area (Å²) in [6, 6.07) is 8.01. The highest BCUT2D eigenvalue weighted by Crippen LogP contribution is 2.26. The zero-order chi connectivity index (χ0) is 17.9. The highest BCUT2D eigenvalue weighted by atomic mass is 16.6. The van der Waals surface area contributed by atoms with Crippen molar-refractivity contribution in [3.63, 3.8) is 0 Å². The standard InChI is InChI=1S/C20H26N2O3/c1-20(2,3)25-19(23)22-11-8-15(9-12-22)14-24-18-6-4-5-16-13-21-10-7-17(16)18/h4-7,10,13,15H,8-9,11-12,14H2,1-3H3. The molecule has 0 atom stereocenters. The summed E-state index contributed by atoms with van der Waals surface area (Å²) in [5, 5.41) is 2.17. The van der Waals surface area contributed by atoms with Crippen molar-refractivity contribution in [3.8, 4) is 5.75 Å². The number of likely N-dealkylation sites (tertiary alicyclic amines) is 1. The Morgan fingerprint density at radius 1 is 1.24 bits per heavy atom. The third-order valence-electron chi connectivity index (χ3n) is 4.38. The number of rotatable bonds is 3. The Labute approximate surface area is 148 Å². The Bertz CT molecular complexity index is 726. The van der Waals surface area contributed by atoms with Crippen LogP contribution < -0.4 is 4.74 Å². The highest BCUT2D eigenvalue weighted by Gasteiger charge is 2.27. The topological polar surface area (TPSA) is 51.7 Å². The van der Waals surface area contributed by atoms with E-state index in [0.29, 0.717) is 12.5 Å². The van der Waals surface area contributed by atoms with Crippen LogP contribution >= 0.6 is 0 Å². The molecule has 1 aromatic carbocycles. The predicted octanol–water partition coefficient (Wildman–Crippen LogP) is 4.26. The Morgan fingerprint density at radius 2 is 2.00 bits per heavy atom. The summed E-state index contributed by atoms with van der Waals surface area (Å²) < 4.78 is 11.5. The minimum absolute atomic E-state index is 0.214. The number of fused-ring (bicyclic) bond motifs is 1. The molecular formula is C20H26N2O3. The maximum absolute atomic E-state index is 12.1. The van der Waals surface area contributed by atoms with Gasteiger partial charge < -0.3 is 14.4 Å². The fraction of sp³-hybridized carbons (Fsp3) is 0.500. The molecule has 1 aliphatic heterocycles. The van der Waals surface area contributed by atoms with E-state index >= 15 is 0 Å². The van der Waals surface area contributed by atoms with E-state index in [1.165, 1.54) is 0 Å². The van der Waals surface area contributed by atoms with Gasteiger partial charge in [-0.2, -0.15) is 0 Å². The number of aromatic nitrogens is 1. The maximum Gasteiger partial charge on any atom is 0.410 e. The molecule has 0 radical (unpaired) electrons. The number of carbonyl (C=O) groups excluding carboxylic acids is 1. The third-order valence-corrected chi connectivity index (χ3v) is 4.38. The molecular weight excluding hydrogens is 316 g/mol. The van der Waals surface area contributed by atoms with Crippen LogP contribution in [0.3, 0.4) is 0 Å². The lowest BCUT2D eigenvalue weighted by Gasteiger charge is -2.33. The summed E-state index contributed by atoms with van der Waals surface area (Å²) in [4.78, 5) is 18.1. The minimum Gasteiger partial charge on any atom is -0.493 e. The summed E-state index contributed by atoms with van der Waals surface area (Å²) >= 11 is 0. The first-order valence-electron chi connectivity index (χ1n) is 8.86.